The highest BCUT2D eigenvalue weighted by Gasteiger charge is 2.64. The second kappa shape index (κ2) is 4.74. The molecule has 5 heteroatoms. The summed E-state index contributed by atoms with van der Waals surface area (Å²) in [7, 11) is 0. The minimum Gasteiger partial charge on any atom is -0.472 e. The molecule has 1 saturated carbocycles. The Kier molecular flexibility index (Phi) is 2.83. The standard InChI is InChI=1S/C19H20O5/c1-10-7-14-16-12(17(20)23-14)3-2-4-13(16)19(10)8-15(24-18(19)21)11-5-6-22-9-11/h5-6,9-10,13-15H,2-4,7-8H2,1H3/t10-,13-,14-,15+,19+/m0/s1. The van der Waals surface area contributed by atoms with Crippen LogP contribution in [-0.4, -0.2) is 18.0 Å². The molecule has 0 N–H and O–H groups in total. The van der Waals surface area contributed by atoms with Crippen LogP contribution in [0.5, 0.6) is 0 Å². The van der Waals surface area contributed by atoms with E-state index in [1.54, 1.807) is 12.5 Å². The van der Waals surface area contributed by atoms with Gasteiger partial charge in [0.2, 0.25) is 0 Å². The highest BCUT2D eigenvalue weighted by atomic mass is 16.6. The van der Waals surface area contributed by atoms with Crippen LogP contribution in [0.2, 0.25) is 0 Å². The third kappa shape index (κ3) is 1.65. The summed E-state index contributed by atoms with van der Waals surface area (Å²) in [5, 5.41) is 0. The molecule has 5 atom stereocenters. The molecule has 24 heavy (non-hydrogen) atoms. The molecule has 1 saturated heterocycles. The molecule has 1 spiro atoms. The Labute approximate surface area is 140 Å². The van der Waals surface area contributed by atoms with E-state index >= 15 is 0 Å². The second-order valence-corrected chi connectivity index (χ2v) is 7.60. The van der Waals surface area contributed by atoms with Gasteiger partial charge in [-0.1, -0.05) is 6.92 Å². The predicted molar refractivity (Wildman–Crippen MR) is 82.6 cm³/mol. The minimum atomic E-state index is -0.534. The normalized spacial score (nSPS) is 40.7. The number of furan rings is 1. The van der Waals surface area contributed by atoms with Crippen molar-refractivity contribution in [2.75, 3.05) is 0 Å². The summed E-state index contributed by atoms with van der Waals surface area (Å²) in [5.41, 5.74) is 2.32. The van der Waals surface area contributed by atoms with Crippen molar-refractivity contribution in [2.24, 2.45) is 17.3 Å². The van der Waals surface area contributed by atoms with E-state index in [4.69, 9.17) is 13.9 Å². The van der Waals surface area contributed by atoms with Crippen molar-refractivity contribution in [1.82, 2.24) is 0 Å². The smallest absolute Gasteiger partial charge is 0.334 e. The zero-order chi connectivity index (χ0) is 16.5. The average Bonchev–Trinajstić information content (AvgIpc) is 3.26. The zero-order valence-electron chi connectivity index (χ0n) is 13.6. The lowest BCUT2D eigenvalue weighted by Crippen LogP contribution is -2.49. The number of carbonyl (C=O) groups excluding carboxylic acids is 2. The van der Waals surface area contributed by atoms with Gasteiger partial charge in [0, 0.05) is 23.5 Å². The molecular weight excluding hydrogens is 308 g/mol. The molecule has 0 aromatic carbocycles. The molecule has 0 amide bonds. The van der Waals surface area contributed by atoms with Gasteiger partial charge in [-0.3, -0.25) is 4.79 Å². The van der Waals surface area contributed by atoms with Gasteiger partial charge in [0.05, 0.1) is 17.9 Å². The van der Waals surface area contributed by atoms with E-state index in [0.29, 0.717) is 12.8 Å². The molecule has 5 nitrogen and oxygen atoms in total. The molecular formula is C19H20O5. The number of fused-ring (bicyclic) bond motifs is 1. The summed E-state index contributed by atoms with van der Waals surface area (Å²) >= 11 is 0. The van der Waals surface area contributed by atoms with Crippen LogP contribution >= 0.6 is 0 Å². The monoisotopic (exact) mass is 328 g/mol. The van der Waals surface area contributed by atoms with Crippen molar-refractivity contribution in [3.8, 4) is 0 Å². The van der Waals surface area contributed by atoms with Gasteiger partial charge in [0.25, 0.3) is 0 Å². The molecule has 0 radical (unpaired) electrons. The largest absolute Gasteiger partial charge is 0.472 e. The van der Waals surface area contributed by atoms with Crippen molar-refractivity contribution in [1.29, 1.82) is 0 Å². The average molecular weight is 328 g/mol. The van der Waals surface area contributed by atoms with E-state index in [1.807, 2.05) is 6.07 Å². The Morgan fingerprint density at radius 3 is 2.88 bits per heavy atom. The van der Waals surface area contributed by atoms with E-state index in [-0.39, 0.29) is 36.0 Å². The maximum atomic E-state index is 13.0. The lowest BCUT2D eigenvalue weighted by atomic mass is 9.54. The molecule has 2 aliphatic carbocycles. The van der Waals surface area contributed by atoms with Crippen molar-refractivity contribution < 1.29 is 23.5 Å². The van der Waals surface area contributed by atoms with E-state index in [9.17, 15) is 9.59 Å². The Morgan fingerprint density at radius 2 is 2.08 bits per heavy atom. The molecule has 1 aromatic heterocycles. The number of hydrogen-bond acceptors (Lipinski definition) is 5. The molecule has 3 heterocycles. The molecule has 1 aromatic rings. The Morgan fingerprint density at radius 1 is 1.21 bits per heavy atom. The summed E-state index contributed by atoms with van der Waals surface area (Å²) in [6.45, 7) is 2.11. The third-order valence-electron chi connectivity index (χ3n) is 6.62. The molecule has 0 bridgehead atoms. The summed E-state index contributed by atoms with van der Waals surface area (Å²) in [6.07, 6.45) is 6.92. The number of carbonyl (C=O) groups is 2. The topological polar surface area (TPSA) is 65.7 Å². The van der Waals surface area contributed by atoms with Crippen LogP contribution in [0.4, 0.5) is 0 Å². The minimum absolute atomic E-state index is 0.0749. The van der Waals surface area contributed by atoms with E-state index in [2.05, 4.69) is 6.92 Å². The fourth-order valence-electron chi connectivity index (χ4n) is 5.48. The number of cyclic esters (lactones) is 1. The fourth-order valence-corrected chi connectivity index (χ4v) is 5.48. The van der Waals surface area contributed by atoms with E-state index < -0.39 is 5.41 Å². The fraction of sp³-hybridized carbons (Fsp3) is 0.579. The highest BCUT2D eigenvalue weighted by molar-refractivity contribution is 5.93. The second-order valence-electron chi connectivity index (χ2n) is 7.60. The van der Waals surface area contributed by atoms with Gasteiger partial charge < -0.3 is 13.9 Å². The van der Waals surface area contributed by atoms with Gasteiger partial charge in [-0.05, 0) is 43.2 Å². The lowest BCUT2D eigenvalue weighted by molar-refractivity contribution is -0.156. The summed E-state index contributed by atoms with van der Waals surface area (Å²) in [5.74, 6) is -0.0730. The quantitative estimate of drug-likeness (QED) is 0.740. The maximum absolute atomic E-state index is 13.0. The summed E-state index contributed by atoms with van der Waals surface area (Å²) in [6, 6.07) is 1.86. The molecule has 0 unspecified atom stereocenters. The third-order valence-corrected chi connectivity index (χ3v) is 6.62. The van der Waals surface area contributed by atoms with Crippen LogP contribution < -0.4 is 0 Å². The number of rotatable bonds is 1. The number of ether oxygens (including phenoxy) is 2. The molecule has 5 rings (SSSR count). The summed E-state index contributed by atoms with van der Waals surface area (Å²) in [4.78, 5) is 25.2. The molecule has 2 fully saturated rings. The first-order valence-electron chi connectivity index (χ1n) is 8.78. The van der Waals surface area contributed by atoms with Gasteiger partial charge in [0.15, 0.2) is 0 Å². The first kappa shape index (κ1) is 14.3. The van der Waals surface area contributed by atoms with E-state index in [1.165, 1.54) is 0 Å². The van der Waals surface area contributed by atoms with Crippen LogP contribution in [0.3, 0.4) is 0 Å². The SMILES string of the molecule is C[C@H]1C[C@@H]2OC(=O)C3=C2[C@H](CCC3)[C@@]12C[C@H](c1ccoc1)OC2=O. The van der Waals surface area contributed by atoms with Crippen molar-refractivity contribution in [3.63, 3.8) is 0 Å². The van der Waals surface area contributed by atoms with Gasteiger partial charge in [-0.15, -0.1) is 0 Å². The van der Waals surface area contributed by atoms with Crippen LogP contribution in [0.1, 0.15) is 50.7 Å². The van der Waals surface area contributed by atoms with Gasteiger partial charge in [-0.25, -0.2) is 4.79 Å². The molecule has 4 aliphatic rings. The number of esters is 2. The Bertz CT molecular complexity index is 746. The Hall–Kier alpha value is -2.04. The maximum Gasteiger partial charge on any atom is 0.334 e. The Balaban J connectivity index is 1.59. The van der Waals surface area contributed by atoms with Crippen molar-refractivity contribution in [2.45, 2.75) is 51.2 Å². The summed E-state index contributed by atoms with van der Waals surface area (Å²) < 4.78 is 16.6. The van der Waals surface area contributed by atoms with Gasteiger partial charge in [0.1, 0.15) is 12.2 Å². The van der Waals surface area contributed by atoms with Crippen LogP contribution in [0, 0.1) is 17.3 Å². The zero-order valence-corrected chi connectivity index (χ0v) is 13.6. The van der Waals surface area contributed by atoms with Crippen molar-refractivity contribution >= 4 is 11.9 Å². The van der Waals surface area contributed by atoms with Gasteiger partial charge >= 0.3 is 11.9 Å². The predicted octanol–water partition coefficient (Wildman–Crippen LogP) is 3.32. The first-order valence-corrected chi connectivity index (χ1v) is 8.78. The molecule has 126 valence electrons. The van der Waals surface area contributed by atoms with Crippen LogP contribution in [0.25, 0.3) is 0 Å². The van der Waals surface area contributed by atoms with Gasteiger partial charge in [-0.2, -0.15) is 0 Å². The first-order chi connectivity index (χ1) is 11.6. The van der Waals surface area contributed by atoms with E-state index in [0.717, 1.165) is 36.0 Å². The number of hydrogen-bond donors (Lipinski definition) is 0. The van der Waals surface area contributed by atoms with Crippen molar-refractivity contribution in [3.05, 3.63) is 35.3 Å². The van der Waals surface area contributed by atoms with Crippen LogP contribution in [0.15, 0.2) is 34.2 Å². The highest BCUT2D eigenvalue weighted by Crippen LogP contribution is 2.62. The lowest BCUT2D eigenvalue weighted by Gasteiger charge is -2.47. The molecule has 2 aliphatic heterocycles. The van der Waals surface area contributed by atoms with Crippen LogP contribution in [-0.2, 0) is 19.1 Å².